The van der Waals surface area contributed by atoms with Gasteiger partial charge in [0.25, 0.3) is 0 Å². The second-order valence-corrected chi connectivity index (χ2v) is 4.34. The molecular weight excluding hydrogens is 178 g/mol. The van der Waals surface area contributed by atoms with Crippen LogP contribution in [-0.2, 0) is 9.59 Å². The fraction of sp³-hybridized carbons (Fsp3) is 0.455. The van der Waals surface area contributed by atoms with Crippen LogP contribution < -0.4 is 0 Å². The van der Waals surface area contributed by atoms with Crippen LogP contribution in [0.25, 0.3) is 0 Å². The molecule has 2 aliphatic carbocycles. The molecule has 3 aliphatic rings. The Kier molecular flexibility index (Phi) is 1.23. The summed E-state index contributed by atoms with van der Waals surface area (Å²) in [4.78, 5) is 24.3. The minimum Gasteiger partial charge on any atom is -0.315 e. The Labute approximate surface area is 82.1 Å². The Hall–Kier alpha value is -1.38. The number of amides is 1. The third-order valence-electron chi connectivity index (χ3n) is 3.53. The Morgan fingerprint density at radius 2 is 2.43 bits per heavy atom. The van der Waals surface area contributed by atoms with Crippen molar-refractivity contribution in [1.82, 2.24) is 4.90 Å². The number of likely N-dealkylation sites (tertiary alicyclic amines) is 1. The molecule has 72 valence electrons. The summed E-state index contributed by atoms with van der Waals surface area (Å²) in [5, 5.41) is 0. The fourth-order valence-corrected chi connectivity index (χ4v) is 2.67. The molecule has 0 bridgehead atoms. The van der Waals surface area contributed by atoms with E-state index in [1.807, 2.05) is 6.08 Å². The molecule has 3 nitrogen and oxygen atoms in total. The van der Waals surface area contributed by atoms with Crippen molar-refractivity contribution >= 4 is 11.7 Å². The normalized spacial score (nSPS) is 37.8. The van der Waals surface area contributed by atoms with Gasteiger partial charge in [0.2, 0.25) is 5.91 Å². The van der Waals surface area contributed by atoms with Crippen molar-refractivity contribution < 1.29 is 9.59 Å². The molecule has 2 unspecified atom stereocenters. The van der Waals surface area contributed by atoms with Gasteiger partial charge in [0.05, 0.1) is 0 Å². The summed E-state index contributed by atoms with van der Waals surface area (Å²) in [7, 11) is 0. The van der Waals surface area contributed by atoms with Gasteiger partial charge in [-0.25, -0.2) is 0 Å². The number of hydrogen-bond acceptors (Lipinski definition) is 2. The summed E-state index contributed by atoms with van der Waals surface area (Å²) in [5.41, 5.74) is 0.988. The van der Waals surface area contributed by atoms with Gasteiger partial charge in [-0.05, 0) is 18.4 Å². The molecule has 1 saturated carbocycles. The maximum Gasteiger partial charge on any atom is 0.223 e. The molecule has 0 aromatic carbocycles. The van der Waals surface area contributed by atoms with Crippen LogP contribution in [0.1, 0.15) is 13.3 Å². The lowest BCUT2D eigenvalue weighted by Crippen LogP contribution is -2.29. The van der Waals surface area contributed by atoms with E-state index in [0.29, 0.717) is 5.92 Å². The van der Waals surface area contributed by atoms with Gasteiger partial charge in [-0.3, -0.25) is 9.59 Å². The predicted octanol–water partition coefficient (Wildman–Crippen LogP) is 0.878. The van der Waals surface area contributed by atoms with Gasteiger partial charge in [-0.15, -0.1) is 0 Å². The molecule has 1 aliphatic heterocycles. The highest BCUT2D eigenvalue weighted by atomic mass is 16.2. The van der Waals surface area contributed by atoms with Crippen LogP contribution in [0.2, 0.25) is 0 Å². The molecule has 14 heavy (non-hydrogen) atoms. The van der Waals surface area contributed by atoms with E-state index in [1.165, 1.54) is 0 Å². The third kappa shape index (κ3) is 0.775. The van der Waals surface area contributed by atoms with Crippen molar-refractivity contribution in [3.8, 4) is 0 Å². The molecule has 3 heteroatoms. The van der Waals surface area contributed by atoms with Crippen LogP contribution >= 0.6 is 0 Å². The summed E-state index contributed by atoms with van der Waals surface area (Å²) in [6, 6.07) is 0. The number of nitrogens with zero attached hydrogens (tertiary/aromatic N) is 1. The molecule has 1 saturated heterocycles. The van der Waals surface area contributed by atoms with Crippen LogP contribution in [0, 0.1) is 11.3 Å². The van der Waals surface area contributed by atoms with E-state index in [4.69, 9.17) is 0 Å². The molecule has 0 aromatic rings. The second-order valence-electron chi connectivity index (χ2n) is 4.34. The number of ketones is 1. The van der Waals surface area contributed by atoms with Crippen LogP contribution in [0.3, 0.4) is 0 Å². The van der Waals surface area contributed by atoms with Gasteiger partial charge in [-0.1, -0.05) is 6.08 Å². The zero-order valence-corrected chi connectivity index (χ0v) is 7.99. The molecule has 2 atom stereocenters. The predicted molar refractivity (Wildman–Crippen MR) is 50.2 cm³/mol. The van der Waals surface area contributed by atoms with Crippen molar-refractivity contribution in [1.29, 1.82) is 0 Å². The zero-order valence-electron chi connectivity index (χ0n) is 7.99. The number of rotatable bonds is 0. The van der Waals surface area contributed by atoms with Gasteiger partial charge < -0.3 is 4.90 Å². The average molecular weight is 189 g/mol. The summed E-state index contributed by atoms with van der Waals surface area (Å²) >= 11 is 0. The van der Waals surface area contributed by atoms with Gasteiger partial charge in [-0.2, -0.15) is 0 Å². The van der Waals surface area contributed by atoms with Gasteiger partial charge >= 0.3 is 0 Å². The van der Waals surface area contributed by atoms with Gasteiger partial charge in [0.15, 0.2) is 5.78 Å². The maximum absolute atomic E-state index is 11.3. The lowest BCUT2D eigenvalue weighted by molar-refractivity contribution is -0.126. The minimum absolute atomic E-state index is 0.00410. The molecule has 0 N–H and O–H groups in total. The molecule has 0 aromatic heterocycles. The van der Waals surface area contributed by atoms with Crippen LogP contribution in [0.5, 0.6) is 0 Å². The molecule has 2 fully saturated rings. The zero-order chi connectivity index (χ0) is 9.92. The number of hydrogen-bond donors (Lipinski definition) is 0. The quantitative estimate of drug-likeness (QED) is 0.567. The number of carbonyl (C=O) groups is 2. The lowest BCUT2D eigenvalue weighted by atomic mass is 9.95. The molecule has 1 amide bonds. The van der Waals surface area contributed by atoms with Crippen molar-refractivity contribution in [3.63, 3.8) is 0 Å². The highest BCUT2D eigenvalue weighted by molar-refractivity contribution is 6.02. The number of piperidine rings is 1. The maximum atomic E-state index is 11.3. The standard InChI is InChI=1S/C11H11NO2/c1-7(13)12-6-8-5-11(8)3-2-9(14)4-10(11)12/h2-4,8H,5-6H2,1H3. The first-order chi connectivity index (χ1) is 6.63. The second kappa shape index (κ2) is 2.16. The van der Waals surface area contributed by atoms with Crippen molar-refractivity contribution in [2.24, 2.45) is 11.3 Å². The average Bonchev–Trinajstić information content (AvgIpc) is 2.73. The Bertz CT molecular complexity index is 408. The molecule has 1 heterocycles. The van der Waals surface area contributed by atoms with E-state index >= 15 is 0 Å². The molecule has 0 radical (unpaired) electrons. The fourth-order valence-electron chi connectivity index (χ4n) is 2.67. The third-order valence-corrected chi connectivity index (χ3v) is 3.53. The monoisotopic (exact) mass is 189 g/mol. The molecule has 1 spiro atoms. The van der Waals surface area contributed by atoms with E-state index in [2.05, 4.69) is 0 Å². The van der Waals surface area contributed by atoms with E-state index in [-0.39, 0.29) is 17.1 Å². The molecule has 3 rings (SSSR count). The highest BCUT2D eigenvalue weighted by Gasteiger charge is 2.63. The van der Waals surface area contributed by atoms with E-state index in [9.17, 15) is 9.59 Å². The van der Waals surface area contributed by atoms with Crippen molar-refractivity contribution in [2.45, 2.75) is 13.3 Å². The SMILES string of the molecule is CC(=O)N1CC2CC23C=CC(=O)C=C13. The Morgan fingerprint density at radius 3 is 3.14 bits per heavy atom. The minimum atomic E-state index is 0.00410. The van der Waals surface area contributed by atoms with E-state index in [0.717, 1.165) is 18.7 Å². The van der Waals surface area contributed by atoms with Crippen LogP contribution in [0.4, 0.5) is 0 Å². The van der Waals surface area contributed by atoms with Crippen molar-refractivity contribution in [3.05, 3.63) is 23.9 Å². The summed E-state index contributed by atoms with van der Waals surface area (Å²) in [6.07, 6.45) is 6.34. The first-order valence-electron chi connectivity index (χ1n) is 4.87. The lowest BCUT2D eigenvalue weighted by Gasteiger charge is -2.23. The van der Waals surface area contributed by atoms with E-state index < -0.39 is 0 Å². The highest BCUT2D eigenvalue weighted by Crippen LogP contribution is 2.65. The summed E-state index contributed by atoms with van der Waals surface area (Å²) < 4.78 is 0. The summed E-state index contributed by atoms with van der Waals surface area (Å²) in [6.45, 7) is 2.35. The summed E-state index contributed by atoms with van der Waals surface area (Å²) in [5.74, 6) is 0.609. The Balaban J connectivity index is 2.06. The smallest absolute Gasteiger partial charge is 0.223 e. The van der Waals surface area contributed by atoms with E-state index in [1.54, 1.807) is 24.0 Å². The first-order valence-corrected chi connectivity index (χ1v) is 4.87. The largest absolute Gasteiger partial charge is 0.315 e. The number of carbonyl (C=O) groups excluding carboxylic acids is 2. The molecular formula is C11H11NO2. The van der Waals surface area contributed by atoms with Crippen LogP contribution in [-0.4, -0.2) is 23.1 Å². The van der Waals surface area contributed by atoms with Crippen LogP contribution in [0.15, 0.2) is 23.9 Å². The van der Waals surface area contributed by atoms with Crippen molar-refractivity contribution in [2.75, 3.05) is 6.54 Å². The Morgan fingerprint density at radius 1 is 1.64 bits per heavy atom. The number of allylic oxidation sites excluding steroid dienone is 3. The topological polar surface area (TPSA) is 37.4 Å². The van der Waals surface area contributed by atoms with Gasteiger partial charge in [0.1, 0.15) is 0 Å². The first kappa shape index (κ1) is 7.97. The van der Waals surface area contributed by atoms with Gasteiger partial charge in [0, 0.05) is 30.7 Å².